The maximum absolute atomic E-state index is 13.5. The Bertz CT molecular complexity index is 1020. The minimum Gasteiger partial charge on any atom is -0.468 e. The van der Waals surface area contributed by atoms with E-state index < -0.39 is 34.5 Å². The average Bonchev–Trinajstić information content (AvgIpc) is 2.72. The number of hydrogen-bond acceptors (Lipinski definition) is 8. The Morgan fingerprint density at radius 2 is 1.97 bits per heavy atom. The van der Waals surface area contributed by atoms with E-state index in [0.29, 0.717) is 17.8 Å². The Balaban J connectivity index is 2.27. The van der Waals surface area contributed by atoms with Crippen LogP contribution in [0.4, 0.5) is 5.69 Å². The molecule has 1 aliphatic carbocycles. The number of rotatable bonds is 5. The van der Waals surface area contributed by atoms with Gasteiger partial charge in [0.15, 0.2) is 5.78 Å². The van der Waals surface area contributed by atoms with Gasteiger partial charge in [0.05, 0.1) is 30.1 Å². The molecule has 1 aromatic carbocycles. The summed E-state index contributed by atoms with van der Waals surface area (Å²) in [5.74, 6) is -4.29. The predicted molar refractivity (Wildman–Crippen MR) is 110 cm³/mol. The number of nitrogens with zero attached hydrogens (tertiary/aromatic N) is 1. The number of Topliss-reactive ketones (excluding diaryl/α,β-unsaturated/α-hetero) is 1. The summed E-state index contributed by atoms with van der Waals surface area (Å²) in [6.45, 7) is 5.18. The molecule has 0 bridgehead atoms. The molecule has 0 spiro atoms. The van der Waals surface area contributed by atoms with Gasteiger partial charge >= 0.3 is 11.9 Å². The number of allylic oxidation sites excluding steroid dienone is 3. The van der Waals surface area contributed by atoms with Crippen LogP contribution >= 0.6 is 0 Å². The number of ketones is 1. The lowest BCUT2D eigenvalue weighted by Gasteiger charge is -2.38. The lowest BCUT2D eigenvalue weighted by Crippen LogP contribution is -2.43. The monoisotopic (exact) mass is 428 g/mol. The lowest BCUT2D eigenvalue weighted by molar-refractivity contribution is -0.385. The number of dihydropyridines is 1. The number of esters is 2. The van der Waals surface area contributed by atoms with Gasteiger partial charge in [0.2, 0.25) is 0 Å². The summed E-state index contributed by atoms with van der Waals surface area (Å²) in [7, 11) is 1.21. The predicted octanol–water partition coefficient (Wildman–Crippen LogP) is 2.77. The van der Waals surface area contributed by atoms with Crippen LogP contribution in [0.15, 0.2) is 46.8 Å². The molecule has 164 valence electrons. The van der Waals surface area contributed by atoms with Crippen molar-refractivity contribution in [2.45, 2.75) is 33.1 Å². The maximum atomic E-state index is 13.5. The minimum atomic E-state index is -1.06. The van der Waals surface area contributed by atoms with Gasteiger partial charge in [-0.3, -0.25) is 19.7 Å². The highest BCUT2D eigenvalue weighted by Crippen LogP contribution is 2.47. The molecule has 0 saturated heterocycles. The van der Waals surface area contributed by atoms with Gasteiger partial charge < -0.3 is 14.8 Å². The van der Waals surface area contributed by atoms with Crippen LogP contribution in [0.25, 0.3) is 0 Å². The normalized spacial score (nSPS) is 23.1. The number of para-hydroxylation sites is 1. The third-order valence-electron chi connectivity index (χ3n) is 5.68. The van der Waals surface area contributed by atoms with Gasteiger partial charge in [-0.1, -0.05) is 25.1 Å². The fourth-order valence-corrected chi connectivity index (χ4v) is 4.37. The zero-order chi connectivity index (χ0) is 22.9. The van der Waals surface area contributed by atoms with E-state index in [9.17, 15) is 24.5 Å². The molecule has 1 heterocycles. The number of carbonyl (C=O) groups is 3. The van der Waals surface area contributed by atoms with E-state index in [1.807, 2.05) is 0 Å². The van der Waals surface area contributed by atoms with Crippen molar-refractivity contribution in [2.75, 3.05) is 13.7 Å². The molecule has 1 aliphatic heterocycles. The zero-order valence-electron chi connectivity index (χ0n) is 17.8. The van der Waals surface area contributed by atoms with Crippen molar-refractivity contribution in [1.82, 2.24) is 5.32 Å². The SMILES string of the molecule is CCOC(=O)C1=C(C)NC2=C(C(=O)[C@H](C(=O)OC)[C@H](C)C2)[C@@H]1c1ccccc1[N+](=O)[O-]. The Morgan fingerprint density at radius 1 is 1.29 bits per heavy atom. The van der Waals surface area contributed by atoms with E-state index in [0.717, 1.165) is 0 Å². The van der Waals surface area contributed by atoms with E-state index in [4.69, 9.17) is 9.47 Å². The van der Waals surface area contributed by atoms with Gasteiger partial charge in [0.25, 0.3) is 5.69 Å². The quantitative estimate of drug-likeness (QED) is 0.328. The molecule has 0 amide bonds. The zero-order valence-corrected chi connectivity index (χ0v) is 17.8. The molecule has 9 heteroatoms. The summed E-state index contributed by atoms with van der Waals surface area (Å²) in [6.07, 6.45) is 0.353. The average molecular weight is 428 g/mol. The van der Waals surface area contributed by atoms with E-state index >= 15 is 0 Å². The van der Waals surface area contributed by atoms with Crippen LogP contribution in [0.3, 0.4) is 0 Å². The van der Waals surface area contributed by atoms with Crippen molar-refractivity contribution in [3.8, 4) is 0 Å². The highest BCUT2D eigenvalue weighted by Gasteiger charge is 2.48. The van der Waals surface area contributed by atoms with Crippen LogP contribution in [0.2, 0.25) is 0 Å². The van der Waals surface area contributed by atoms with E-state index in [-0.39, 0.29) is 34.9 Å². The van der Waals surface area contributed by atoms with Crippen LogP contribution in [-0.2, 0) is 23.9 Å². The number of ether oxygens (including phenoxy) is 2. The standard InChI is InChI=1S/C22H24N2O7/c1-5-31-22(27)17-12(3)23-14-10-11(2)16(21(26)30-4)20(25)19(14)18(17)13-8-6-7-9-15(13)24(28)29/h6-9,11,16,18,23H,5,10H2,1-4H3/t11-,16-,18-/m1/s1. The van der Waals surface area contributed by atoms with Crippen molar-refractivity contribution < 1.29 is 28.8 Å². The second-order valence-electron chi connectivity index (χ2n) is 7.57. The summed E-state index contributed by atoms with van der Waals surface area (Å²) in [5, 5.41) is 14.9. The summed E-state index contributed by atoms with van der Waals surface area (Å²) < 4.78 is 10.0. The topological polar surface area (TPSA) is 125 Å². The Kier molecular flexibility index (Phi) is 6.24. The Morgan fingerprint density at radius 3 is 2.58 bits per heavy atom. The first-order valence-electron chi connectivity index (χ1n) is 9.96. The minimum absolute atomic E-state index is 0.0981. The molecule has 3 atom stereocenters. The molecule has 31 heavy (non-hydrogen) atoms. The van der Waals surface area contributed by atoms with Gasteiger partial charge in [-0.25, -0.2) is 4.79 Å². The molecule has 2 aliphatic rings. The number of nitro benzene ring substituents is 1. The van der Waals surface area contributed by atoms with Gasteiger partial charge in [-0.15, -0.1) is 0 Å². The molecule has 0 aromatic heterocycles. The van der Waals surface area contributed by atoms with Gasteiger partial charge in [0.1, 0.15) is 5.92 Å². The molecule has 1 aromatic rings. The first-order valence-corrected chi connectivity index (χ1v) is 9.96. The smallest absolute Gasteiger partial charge is 0.336 e. The highest BCUT2D eigenvalue weighted by molar-refractivity contribution is 6.12. The van der Waals surface area contributed by atoms with Crippen LogP contribution in [0.1, 0.15) is 38.7 Å². The fourth-order valence-electron chi connectivity index (χ4n) is 4.37. The summed E-state index contributed by atoms with van der Waals surface area (Å²) in [6, 6.07) is 5.96. The second kappa shape index (κ2) is 8.71. The van der Waals surface area contributed by atoms with Crippen LogP contribution in [0.5, 0.6) is 0 Å². The molecule has 9 nitrogen and oxygen atoms in total. The molecule has 3 rings (SSSR count). The van der Waals surface area contributed by atoms with E-state index in [1.165, 1.54) is 25.3 Å². The van der Waals surface area contributed by atoms with Crippen LogP contribution < -0.4 is 5.32 Å². The molecule has 0 saturated carbocycles. The third-order valence-corrected chi connectivity index (χ3v) is 5.68. The fraction of sp³-hybridized carbons (Fsp3) is 0.409. The van der Waals surface area contributed by atoms with E-state index in [2.05, 4.69) is 5.32 Å². The first kappa shape index (κ1) is 22.2. The van der Waals surface area contributed by atoms with Gasteiger partial charge in [-0.2, -0.15) is 0 Å². The molecule has 1 N–H and O–H groups in total. The van der Waals surface area contributed by atoms with Crippen molar-refractivity contribution in [3.63, 3.8) is 0 Å². The highest BCUT2D eigenvalue weighted by atomic mass is 16.6. The van der Waals surface area contributed by atoms with E-state index in [1.54, 1.807) is 26.8 Å². The number of hydrogen-bond donors (Lipinski definition) is 1. The van der Waals surface area contributed by atoms with Crippen LogP contribution in [0, 0.1) is 22.0 Å². The first-order chi connectivity index (χ1) is 14.7. The van der Waals surface area contributed by atoms with Crippen molar-refractivity contribution in [1.29, 1.82) is 0 Å². The van der Waals surface area contributed by atoms with Gasteiger partial charge in [-0.05, 0) is 26.2 Å². The summed E-state index contributed by atoms with van der Waals surface area (Å²) in [4.78, 5) is 50.0. The van der Waals surface area contributed by atoms with Crippen LogP contribution in [-0.4, -0.2) is 36.4 Å². The summed E-state index contributed by atoms with van der Waals surface area (Å²) >= 11 is 0. The molecular weight excluding hydrogens is 404 g/mol. The van der Waals surface area contributed by atoms with Gasteiger partial charge in [0, 0.05) is 28.6 Å². The summed E-state index contributed by atoms with van der Waals surface area (Å²) in [5.41, 5.74) is 1.24. The van der Waals surface area contributed by atoms with Crippen molar-refractivity contribution >= 4 is 23.4 Å². The van der Waals surface area contributed by atoms with Crippen molar-refractivity contribution in [2.24, 2.45) is 11.8 Å². The number of methoxy groups -OCH3 is 1. The molecular formula is C22H24N2O7. The Hall–Kier alpha value is -3.49. The molecule has 0 unspecified atom stereocenters. The number of carbonyl (C=O) groups excluding carboxylic acids is 3. The molecule has 0 fully saturated rings. The third kappa shape index (κ3) is 3.83. The number of nitro groups is 1. The lowest BCUT2D eigenvalue weighted by atomic mass is 9.69. The largest absolute Gasteiger partial charge is 0.468 e. The van der Waals surface area contributed by atoms with Crippen molar-refractivity contribution in [3.05, 3.63) is 62.5 Å². The second-order valence-corrected chi connectivity index (χ2v) is 7.57. The number of nitrogens with one attached hydrogen (secondary N) is 1. The molecule has 0 radical (unpaired) electrons. The number of benzene rings is 1. The maximum Gasteiger partial charge on any atom is 0.336 e. The Labute approximate surface area is 179 Å².